The van der Waals surface area contributed by atoms with E-state index in [-0.39, 0.29) is 11.4 Å². The fourth-order valence-corrected chi connectivity index (χ4v) is 2.24. The van der Waals surface area contributed by atoms with Crippen molar-refractivity contribution in [3.8, 4) is 0 Å². The van der Waals surface area contributed by atoms with Crippen LogP contribution >= 0.6 is 11.8 Å². The highest BCUT2D eigenvalue weighted by Crippen LogP contribution is 2.32. The Hall–Kier alpha value is -2.01. The first-order chi connectivity index (χ1) is 8.56. The van der Waals surface area contributed by atoms with Gasteiger partial charge < -0.3 is 10.8 Å². The molecule has 0 fully saturated rings. The minimum absolute atomic E-state index is 0.149. The predicted molar refractivity (Wildman–Crippen MR) is 68.3 cm³/mol. The largest absolute Gasteiger partial charge is 0.478 e. The maximum absolute atomic E-state index is 12.7. The first kappa shape index (κ1) is 12.4. The normalized spacial score (nSPS) is 10.3. The quantitative estimate of drug-likeness (QED) is 0.834. The number of hydrogen-bond acceptors (Lipinski definition) is 3. The molecular formula is C13H10FNO2S. The van der Waals surface area contributed by atoms with Crippen LogP contribution in [-0.4, -0.2) is 11.1 Å². The van der Waals surface area contributed by atoms with E-state index in [4.69, 9.17) is 10.8 Å². The lowest BCUT2D eigenvalue weighted by Gasteiger charge is -2.06. The number of benzene rings is 2. The van der Waals surface area contributed by atoms with Crippen LogP contribution in [0.5, 0.6) is 0 Å². The van der Waals surface area contributed by atoms with Gasteiger partial charge in [0.2, 0.25) is 0 Å². The van der Waals surface area contributed by atoms with Crippen LogP contribution in [0.15, 0.2) is 52.3 Å². The first-order valence-corrected chi connectivity index (χ1v) is 5.94. The van der Waals surface area contributed by atoms with Gasteiger partial charge in [0.15, 0.2) is 0 Å². The van der Waals surface area contributed by atoms with Crippen molar-refractivity contribution in [2.75, 3.05) is 5.73 Å². The monoisotopic (exact) mass is 263 g/mol. The Morgan fingerprint density at radius 2 is 1.83 bits per heavy atom. The van der Waals surface area contributed by atoms with Crippen LogP contribution in [-0.2, 0) is 0 Å². The minimum Gasteiger partial charge on any atom is -0.478 e. The highest BCUT2D eigenvalue weighted by atomic mass is 32.2. The van der Waals surface area contributed by atoms with Gasteiger partial charge in [-0.2, -0.15) is 0 Å². The summed E-state index contributed by atoms with van der Waals surface area (Å²) in [5.74, 6) is -1.31. The van der Waals surface area contributed by atoms with Gasteiger partial charge >= 0.3 is 5.97 Å². The zero-order valence-corrected chi connectivity index (χ0v) is 10.1. The van der Waals surface area contributed by atoms with E-state index in [0.29, 0.717) is 5.69 Å². The number of rotatable bonds is 3. The molecule has 0 saturated carbocycles. The van der Waals surface area contributed by atoms with Crippen molar-refractivity contribution >= 4 is 23.4 Å². The van der Waals surface area contributed by atoms with Crippen LogP contribution in [0.25, 0.3) is 0 Å². The minimum atomic E-state index is -1.01. The molecule has 0 radical (unpaired) electrons. The van der Waals surface area contributed by atoms with E-state index in [1.807, 2.05) is 0 Å². The van der Waals surface area contributed by atoms with Crippen molar-refractivity contribution in [3.05, 3.63) is 53.8 Å². The number of nitrogens with two attached hydrogens (primary N) is 1. The summed E-state index contributed by atoms with van der Waals surface area (Å²) in [4.78, 5) is 12.3. The van der Waals surface area contributed by atoms with Crippen molar-refractivity contribution in [1.29, 1.82) is 0 Å². The molecule has 0 heterocycles. The van der Waals surface area contributed by atoms with E-state index in [2.05, 4.69) is 0 Å². The zero-order valence-electron chi connectivity index (χ0n) is 9.26. The van der Waals surface area contributed by atoms with Gasteiger partial charge in [-0.05, 0) is 42.5 Å². The van der Waals surface area contributed by atoms with Gasteiger partial charge in [0.1, 0.15) is 5.82 Å². The van der Waals surface area contributed by atoms with Crippen molar-refractivity contribution in [3.63, 3.8) is 0 Å². The fourth-order valence-electron chi connectivity index (χ4n) is 1.40. The van der Waals surface area contributed by atoms with E-state index >= 15 is 0 Å². The third kappa shape index (κ3) is 2.81. The molecule has 0 aliphatic carbocycles. The number of nitrogen functional groups attached to an aromatic ring is 1. The molecule has 92 valence electrons. The van der Waals surface area contributed by atoms with Gasteiger partial charge in [-0.15, -0.1) is 0 Å². The Kier molecular flexibility index (Phi) is 3.53. The van der Waals surface area contributed by atoms with Crippen molar-refractivity contribution in [2.24, 2.45) is 0 Å². The summed E-state index contributed by atoms with van der Waals surface area (Å²) >= 11 is 1.36. The van der Waals surface area contributed by atoms with Gasteiger partial charge in [0.25, 0.3) is 0 Å². The topological polar surface area (TPSA) is 63.3 Å². The lowest BCUT2D eigenvalue weighted by molar-refractivity contribution is 0.0697. The maximum atomic E-state index is 12.7. The highest BCUT2D eigenvalue weighted by molar-refractivity contribution is 7.99. The molecule has 3 nitrogen and oxygen atoms in total. The Bertz CT molecular complexity index is 584. The molecule has 0 atom stereocenters. The smallest absolute Gasteiger partial charge is 0.335 e. The average Bonchev–Trinajstić information content (AvgIpc) is 2.34. The Balaban J connectivity index is 2.24. The van der Waals surface area contributed by atoms with Crippen LogP contribution in [0.3, 0.4) is 0 Å². The second-order valence-corrected chi connectivity index (χ2v) is 4.73. The Labute approximate surface area is 107 Å². The lowest BCUT2D eigenvalue weighted by Crippen LogP contribution is -1.98. The summed E-state index contributed by atoms with van der Waals surface area (Å²) in [5, 5.41) is 8.82. The van der Waals surface area contributed by atoms with Crippen LogP contribution in [0.4, 0.5) is 10.1 Å². The number of hydrogen-bond donors (Lipinski definition) is 2. The van der Waals surface area contributed by atoms with E-state index in [0.717, 1.165) is 9.79 Å². The molecule has 0 bridgehead atoms. The number of carboxylic acids is 1. The molecule has 18 heavy (non-hydrogen) atoms. The van der Waals surface area contributed by atoms with Gasteiger partial charge in [-0.3, -0.25) is 0 Å². The molecule has 0 spiro atoms. The first-order valence-electron chi connectivity index (χ1n) is 5.12. The number of aromatic carboxylic acids is 1. The molecule has 5 heteroatoms. The van der Waals surface area contributed by atoms with Crippen molar-refractivity contribution in [1.82, 2.24) is 0 Å². The van der Waals surface area contributed by atoms with E-state index in [1.54, 1.807) is 18.2 Å². The van der Waals surface area contributed by atoms with Crippen molar-refractivity contribution < 1.29 is 14.3 Å². The summed E-state index contributed by atoms with van der Waals surface area (Å²) < 4.78 is 12.7. The zero-order chi connectivity index (χ0) is 13.1. The van der Waals surface area contributed by atoms with Crippen LogP contribution in [0.1, 0.15) is 10.4 Å². The average molecular weight is 263 g/mol. The molecule has 0 aromatic heterocycles. The van der Waals surface area contributed by atoms with E-state index in [1.165, 1.54) is 36.0 Å². The van der Waals surface area contributed by atoms with Crippen LogP contribution in [0, 0.1) is 5.82 Å². The summed E-state index contributed by atoms with van der Waals surface area (Å²) in [6, 6.07) is 10.6. The number of carboxylic acid groups (broad SMARTS) is 1. The van der Waals surface area contributed by atoms with Gasteiger partial charge in [0, 0.05) is 15.5 Å². The summed E-state index contributed by atoms with van der Waals surface area (Å²) in [6.45, 7) is 0. The summed E-state index contributed by atoms with van der Waals surface area (Å²) in [7, 11) is 0. The number of halogens is 1. The standard InChI is InChI=1S/C13H10FNO2S/c14-9-2-4-10(5-3-9)18-12-6-1-8(13(16)17)7-11(12)15/h1-7H,15H2,(H,16,17). The summed E-state index contributed by atoms with van der Waals surface area (Å²) in [6.07, 6.45) is 0. The second-order valence-electron chi connectivity index (χ2n) is 3.61. The van der Waals surface area contributed by atoms with Crippen molar-refractivity contribution in [2.45, 2.75) is 9.79 Å². The van der Waals surface area contributed by atoms with E-state index < -0.39 is 5.97 Å². The third-order valence-electron chi connectivity index (χ3n) is 2.30. The molecule has 0 saturated heterocycles. The molecule has 0 aliphatic rings. The van der Waals surface area contributed by atoms with Crippen LogP contribution in [0.2, 0.25) is 0 Å². The molecule has 2 aromatic rings. The predicted octanol–water partition coefficient (Wildman–Crippen LogP) is 3.26. The highest BCUT2D eigenvalue weighted by Gasteiger charge is 2.07. The molecule has 3 N–H and O–H groups in total. The van der Waals surface area contributed by atoms with Gasteiger partial charge in [-0.25, -0.2) is 9.18 Å². The molecule has 0 aliphatic heterocycles. The summed E-state index contributed by atoms with van der Waals surface area (Å²) in [5.41, 5.74) is 6.32. The lowest BCUT2D eigenvalue weighted by atomic mass is 10.2. The third-order valence-corrected chi connectivity index (χ3v) is 3.40. The molecular weight excluding hydrogens is 253 g/mol. The molecule has 2 rings (SSSR count). The number of carbonyl (C=O) groups is 1. The Morgan fingerprint density at radius 1 is 1.17 bits per heavy atom. The Morgan fingerprint density at radius 3 is 2.39 bits per heavy atom. The molecule has 0 amide bonds. The fraction of sp³-hybridized carbons (Fsp3) is 0. The number of anilines is 1. The molecule has 0 unspecified atom stereocenters. The van der Waals surface area contributed by atoms with Gasteiger partial charge in [-0.1, -0.05) is 11.8 Å². The molecule has 2 aromatic carbocycles. The van der Waals surface area contributed by atoms with E-state index in [9.17, 15) is 9.18 Å². The van der Waals surface area contributed by atoms with Crippen LogP contribution < -0.4 is 5.73 Å². The maximum Gasteiger partial charge on any atom is 0.335 e. The SMILES string of the molecule is Nc1cc(C(=O)O)ccc1Sc1ccc(F)cc1. The second kappa shape index (κ2) is 5.10. The van der Waals surface area contributed by atoms with Gasteiger partial charge in [0.05, 0.1) is 5.56 Å².